The van der Waals surface area contributed by atoms with Crippen molar-refractivity contribution >= 4 is 22.9 Å². The first-order chi connectivity index (χ1) is 11.3. The first-order valence-corrected chi connectivity index (χ1v) is 8.89. The minimum absolute atomic E-state index is 0.155. The van der Waals surface area contributed by atoms with Crippen molar-refractivity contribution in [2.45, 2.75) is 32.1 Å². The highest BCUT2D eigenvalue weighted by Crippen LogP contribution is 2.16. The molecule has 3 aromatic rings. The predicted molar refractivity (Wildman–Crippen MR) is 94.9 cm³/mol. The van der Waals surface area contributed by atoms with Gasteiger partial charge in [0.05, 0.1) is 19.0 Å². The largest absolute Gasteiger partial charge is 0.371 e. The quantitative estimate of drug-likeness (QED) is 0.585. The van der Waals surface area contributed by atoms with Crippen molar-refractivity contribution in [1.82, 2.24) is 9.55 Å². The van der Waals surface area contributed by atoms with Crippen LogP contribution in [0.4, 0.5) is 0 Å². The first kappa shape index (κ1) is 16.2. The van der Waals surface area contributed by atoms with Gasteiger partial charge in [-0.15, -0.1) is 11.3 Å². The first-order valence-electron chi connectivity index (χ1n) is 7.64. The molecule has 1 atom stereocenters. The summed E-state index contributed by atoms with van der Waals surface area (Å²) in [7, 11) is 0. The summed E-state index contributed by atoms with van der Waals surface area (Å²) in [5, 5.41) is 2.86. The summed E-state index contributed by atoms with van der Waals surface area (Å²) in [5.41, 5.74) is 1.28. The Morgan fingerprint density at radius 3 is 2.78 bits per heavy atom. The van der Waals surface area contributed by atoms with Crippen molar-refractivity contribution in [1.29, 1.82) is 0 Å². The van der Waals surface area contributed by atoms with Crippen LogP contribution in [-0.2, 0) is 24.3 Å². The van der Waals surface area contributed by atoms with Gasteiger partial charge in [0.1, 0.15) is 0 Å². The standard InChI is InChI=1S/C18H19ClN2OS/c19-16-6-3-15(4-7-16)5-8-17(12-21-10-9-20-14-21)22-13-18-2-1-11-23-18/h1-4,6-7,9-11,14,17H,5,8,12-13H2. The summed E-state index contributed by atoms with van der Waals surface area (Å²) < 4.78 is 8.21. The molecule has 2 aromatic heterocycles. The minimum atomic E-state index is 0.155. The van der Waals surface area contributed by atoms with E-state index in [9.17, 15) is 0 Å². The highest BCUT2D eigenvalue weighted by molar-refractivity contribution is 7.09. The number of rotatable bonds is 8. The second kappa shape index (κ2) is 8.29. The molecule has 0 amide bonds. The van der Waals surface area contributed by atoms with Crippen LogP contribution in [-0.4, -0.2) is 15.7 Å². The molecule has 5 heteroatoms. The Hall–Kier alpha value is -1.62. The zero-order chi connectivity index (χ0) is 15.9. The van der Waals surface area contributed by atoms with Crippen LogP contribution in [0.25, 0.3) is 0 Å². The van der Waals surface area contributed by atoms with E-state index in [1.54, 1.807) is 17.5 Å². The molecule has 0 aliphatic heterocycles. The molecular weight excluding hydrogens is 328 g/mol. The van der Waals surface area contributed by atoms with Crippen molar-refractivity contribution in [3.05, 3.63) is 76.0 Å². The molecule has 1 aromatic carbocycles. The molecule has 0 saturated carbocycles. The normalized spacial score (nSPS) is 12.4. The van der Waals surface area contributed by atoms with Gasteiger partial charge >= 0.3 is 0 Å². The second-order valence-corrected chi connectivity index (χ2v) is 6.91. The van der Waals surface area contributed by atoms with Crippen LogP contribution in [0.1, 0.15) is 16.9 Å². The Balaban J connectivity index is 1.58. The number of imidazole rings is 1. The summed E-state index contributed by atoms with van der Waals surface area (Å²) in [4.78, 5) is 5.36. The molecule has 0 aliphatic carbocycles. The average Bonchev–Trinajstić information content (AvgIpc) is 3.25. The Labute approximate surface area is 145 Å². The lowest BCUT2D eigenvalue weighted by atomic mass is 10.1. The average molecular weight is 347 g/mol. The molecular formula is C18H19ClN2OS. The highest BCUT2D eigenvalue weighted by atomic mass is 35.5. The molecule has 1 unspecified atom stereocenters. The zero-order valence-electron chi connectivity index (χ0n) is 12.8. The number of ether oxygens (including phenoxy) is 1. The number of benzene rings is 1. The van der Waals surface area contributed by atoms with E-state index in [1.807, 2.05) is 24.7 Å². The van der Waals surface area contributed by atoms with Gasteiger partial charge in [-0.1, -0.05) is 29.8 Å². The molecule has 0 radical (unpaired) electrons. The Bertz CT molecular complexity index is 680. The van der Waals surface area contributed by atoms with Crippen molar-refractivity contribution < 1.29 is 4.74 Å². The third kappa shape index (κ3) is 5.20. The van der Waals surface area contributed by atoms with E-state index < -0.39 is 0 Å². The Morgan fingerprint density at radius 2 is 2.09 bits per heavy atom. The maximum absolute atomic E-state index is 6.14. The third-order valence-corrected chi connectivity index (χ3v) is 4.79. The number of hydrogen-bond acceptors (Lipinski definition) is 3. The maximum atomic E-state index is 6.14. The summed E-state index contributed by atoms with van der Waals surface area (Å²) in [6.07, 6.45) is 7.71. The Morgan fingerprint density at radius 1 is 1.22 bits per heavy atom. The number of aryl methyl sites for hydroxylation is 1. The van der Waals surface area contributed by atoms with Gasteiger partial charge < -0.3 is 9.30 Å². The number of halogens is 1. The molecule has 3 nitrogen and oxygen atoms in total. The van der Waals surface area contributed by atoms with Gasteiger partial charge in [-0.05, 0) is 42.0 Å². The SMILES string of the molecule is Clc1ccc(CCC(Cn2ccnc2)OCc2cccs2)cc1. The van der Waals surface area contributed by atoms with Gasteiger partial charge in [-0.2, -0.15) is 0 Å². The van der Waals surface area contributed by atoms with Gasteiger partial charge in [-0.25, -0.2) is 4.98 Å². The van der Waals surface area contributed by atoms with Crippen LogP contribution >= 0.6 is 22.9 Å². The van der Waals surface area contributed by atoms with E-state index in [-0.39, 0.29) is 6.10 Å². The molecule has 3 rings (SSSR count). The van der Waals surface area contributed by atoms with E-state index in [1.165, 1.54) is 10.4 Å². The van der Waals surface area contributed by atoms with Crippen molar-refractivity contribution in [2.24, 2.45) is 0 Å². The van der Waals surface area contributed by atoms with Crippen molar-refractivity contribution in [3.63, 3.8) is 0 Å². The summed E-state index contributed by atoms with van der Waals surface area (Å²) >= 11 is 7.67. The molecule has 120 valence electrons. The number of thiophene rings is 1. The van der Waals surface area contributed by atoms with Crippen LogP contribution in [0.5, 0.6) is 0 Å². The van der Waals surface area contributed by atoms with Crippen LogP contribution < -0.4 is 0 Å². The van der Waals surface area contributed by atoms with Gasteiger partial charge in [0.25, 0.3) is 0 Å². The lowest BCUT2D eigenvalue weighted by Gasteiger charge is -2.18. The number of aromatic nitrogens is 2. The summed E-state index contributed by atoms with van der Waals surface area (Å²) in [6, 6.07) is 12.2. The maximum Gasteiger partial charge on any atom is 0.0946 e. The fraction of sp³-hybridized carbons (Fsp3) is 0.278. The zero-order valence-corrected chi connectivity index (χ0v) is 14.3. The molecule has 0 fully saturated rings. The monoisotopic (exact) mass is 346 g/mol. The Kier molecular flexibility index (Phi) is 5.86. The fourth-order valence-electron chi connectivity index (χ4n) is 2.43. The minimum Gasteiger partial charge on any atom is -0.371 e. The van der Waals surface area contributed by atoms with E-state index >= 15 is 0 Å². The summed E-state index contributed by atoms with van der Waals surface area (Å²) in [5.74, 6) is 0. The third-order valence-electron chi connectivity index (χ3n) is 3.68. The van der Waals surface area contributed by atoms with Crippen LogP contribution in [0.3, 0.4) is 0 Å². The topological polar surface area (TPSA) is 27.1 Å². The molecule has 23 heavy (non-hydrogen) atoms. The van der Waals surface area contributed by atoms with E-state index in [0.717, 1.165) is 24.4 Å². The number of hydrogen-bond donors (Lipinski definition) is 0. The predicted octanol–water partition coefficient (Wildman–Crippen LogP) is 4.82. The molecule has 0 spiro atoms. The van der Waals surface area contributed by atoms with Crippen molar-refractivity contribution in [3.8, 4) is 0 Å². The second-order valence-electron chi connectivity index (χ2n) is 5.44. The van der Waals surface area contributed by atoms with E-state index in [4.69, 9.17) is 16.3 Å². The van der Waals surface area contributed by atoms with Crippen LogP contribution in [0.15, 0.2) is 60.5 Å². The van der Waals surface area contributed by atoms with Crippen LogP contribution in [0, 0.1) is 0 Å². The summed E-state index contributed by atoms with van der Waals surface area (Å²) in [6.45, 7) is 1.48. The van der Waals surface area contributed by atoms with E-state index in [0.29, 0.717) is 6.61 Å². The van der Waals surface area contributed by atoms with Crippen LogP contribution in [0.2, 0.25) is 5.02 Å². The molecule has 0 aliphatic rings. The lowest BCUT2D eigenvalue weighted by Crippen LogP contribution is -2.20. The lowest BCUT2D eigenvalue weighted by molar-refractivity contribution is 0.0253. The smallest absolute Gasteiger partial charge is 0.0946 e. The van der Waals surface area contributed by atoms with Gasteiger partial charge in [0.2, 0.25) is 0 Å². The van der Waals surface area contributed by atoms with Gasteiger partial charge in [-0.3, -0.25) is 0 Å². The number of nitrogens with zero attached hydrogens (tertiary/aromatic N) is 2. The van der Waals surface area contributed by atoms with Crippen molar-refractivity contribution in [2.75, 3.05) is 0 Å². The fourth-order valence-corrected chi connectivity index (χ4v) is 3.18. The van der Waals surface area contributed by atoms with Gasteiger partial charge in [0.15, 0.2) is 0 Å². The van der Waals surface area contributed by atoms with Gasteiger partial charge in [0, 0.05) is 28.8 Å². The highest BCUT2D eigenvalue weighted by Gasteiger charge is 2.11. The molecule has 2 heterocycles. The van der Waals surface area contributed by atoms with E-state index in [2.05, 4.69) is 39.2 Å². The molecule has 0 saturated heterocycles. The molecule has 0 N–H and O–H groups in total. The molecule has 0 bridgehead atoms.